The number of rotatable bonds is 7. The van der Waals surface area contributed by atoms with Crippen LogP contribution < -0.4 is 4.90 Å². The number of methoxy groups -OCH3 is 2. The lowest BCUT2D eigenvalue weighted by Gasteiger charge is -2.33. The van der Waals surface area contributed by atoms with Crippen LogP contribution in [0.1, 0.15) is 22.4 Å². The number of halogens is 1. The number of nitrogens with zero attached hydrogens (tertiary/aromatic N) is 6. The molecule has 0 spiro atoms. The standard InChI is InChI=1S/C17H17ClN6O3.C8H10O8/c1-22-6-8-23(9-7-22)17(26)27-16-14-13(19-4-5-20-14)15(25)24(16)12-3-2-11(18)10-21-12;1-15-7(13)3(5(9)10)4(6(11)12)8(14)16-2/h2-5,10,16H,6-9H2,1H3;3-4H,1-2H3,(H,9,10)(H,11,12)/t16-;3-,4-/m01/s1. The van der Waals surface area contributed by atoms with Gasteiger partial charge in [-0.3, -0.25) is 29.0 Å². The van der Waals surface area contributed by atoms with E-state index in [1.54, 1.807) is 17.0 Å². The first-order valence-corrected chi connectivity index (χ1v) is 12.8. The molecular weight excluding hydrogens is 596 g/mol. The summed E-state index contributed by atoms with van der Waals surface area (Å²) in [7, 11) is 3.76. The third kappa shape index (κ3) is 7.49. The number of pyridine rings is 1. The number of hydrogen-bond acceptors (Lipinski definition) is 13. The van der Waals surface area contributed by atoms with Gasteiger partial charge >= 0.3 is 30.0 Å². The van der Waals surface area contributed by atoms with E-state index in [2.05, 4.69) is 29.3 Å². The zero-order valence-corrected chi connectivity index (χ0v) is 23.8. The fourth-order valence-electron chi connectivity index (χ4n) is 4.05. The molecule has 43 heavy (non-hydrogen) atoms. The third-order valence-corrected chi connectivity index (χ3v) is 6.55. The van der Waals surface area contributed by atoms with Gasteiger partial charge in [-0.25, -0.2) is 19.7 Å². The molecule has 4 rings (SSSR count). The van der Waals surface area contributed by atoms with Crippen molar-refractivity contribution in [3.05, 3.63) is 47.1 Å². The Morgan fingerprint density at radius 2 is 1.47 bits per heavy atom. The Hall–Kier alpha value is -4.90. The molecule has 230 valence electrons. The largest absolute Gasteiger partial charge is 0.481 e. The summed E-state index contributed by atoms with van der Waals surface area (Å²) in [5, 5.41) is 17.8. The molecule has 2 N–H and O–H groups in total. The first-order chi connectivity index (χ1) is 20.4. The lowest BCUT2D eigenvalue weighted by Crippen LogP contribution is -2.48. The molecule has 2 aliphatic rings. The van der Waals surface area contributed by atoms with Gasteiger partial charge in [0.2, 0.25) is 6.23 Å². The summed E-state index contributed by atoms with van der Waals surface area (Å²) < 4.78 is 13.9. The zero-order chi connectivity index (χ0) is 31.8. The van der Waals surface area contributed by atoms with E-state index < -0.39 is 53.9 Å². The highest BCUT2D eigenvalue weighted by molar-refractivity contribution is 6.30. The lowest BCUT2D eigenvalue weighted by atomic mass is 9.92. The number of carbonyl (C=O) groups excluding carboxylic acids is 4. The minimum atomic E-state index is -2.13. The Morgan fingerprint density at radius 1 is 0.907 bits per heavy atom. The smallest absolute Gasteiger partial charge is 0.412 e. The average Bonchev–Trinajstić information content (AvgIpc) is 3.26. The van der Waals surface area contributed by atoms with Gasteiger partial charge in [0.1, 0.15) is 11.5 Å². The molecule has 1 saturated heterocycles. The number of amides is 2. The Labute approximate surface area is 248 Å². The summed E-state index contributed by atoms with van der Waals surface area (Å²) in [5.74, 6) is -10.6. The van der Waals surface area contributed by atoms with E-state index in [9.17, 15) is 28.8 Å². The molecule has 4 heterocycles. The summed E-state index contributed by atoms with van der Waals surface area (Å²) in [4.78, 5) is 86.5. The van der Waals surface area contributed by atoms with Crippen LogP contribution in [0.15, 0.2) is 30.7 Å². The minimum absolute atomic E-state index is 0.144. The van der Waals surface area contributed by atoms with Gasteiger partial charge in [-0.05, 0) is 19.2 Å². The van der Waals surface area contributed by atoms with Crippen molar-refractivity contribution in [2.45, 2.75) is 6.23 Å². The van der Waals surface area contributed by atoms with Crippen molar-refractivity contribution in [2.75, 3.05) is 52.3 Å². The van der Waals surface area contributed by atoms with Crippen molar-refractivity contribution >= 4 is 53.3 Å². The van der Waals surface area contributed by atoms with Gasteiger partial charge < -0.3 is 34.2 Å². The molecule has 3 atom stereocenters. The number of esters is 2. The number of piperazine rings is 1. The van der Waals surface area contributed by atoms with Gasteiger partial charge in [-0.2, -0.15) is 0 Å². The minimum Gasteiger partial charge on any atom is -0.481 e. The fraction of sp³-hybridized carbons (Fsp3) is 0.400. The zero-order valence-electron chi connectivity index (χ0n) is 23.1. The second-order valence-corrected chi connectivity index (χ2v) is 9.44. The maximum atomic E-state index is 12.8. The van der Waals surface area contributed by atoms with E-state index in [0.29, 0.717) is 29.6 Å². The van der Waals surface area contributed by atoms with Gasteiger partial charge in [0.25, 0.3) is 5.91 Å². The van der Waals surface area contributed by atoms with Gasteiger partial charge in [0.15, 0.2) is 17.5 Å². The van der Waals surface area contributed by atoms with E-state index in [1.807, 2.05) is 7.05 Å². The monoisotopic (exact) mass is 622 g/mol. The second kappa shape index (κ2) is 14.3. The highest BCUT2D eigenvalue weighted by Gasteiger charge is 2.46. The normalized spacial score (nSPS) is 17.5. The van der Waals surface area contributed by atoms with Crippen LogP contribution in [0.2, 0.25) is 5.02 Å². The van der Waals surface area contributed by atoms with Crippen molar-refractivity contribution in [3.63, 3.8) is 0 Å². The topological polar surface area (TPSA) is 219 Å². The first-order valence-electron chi connectivity index (χ1n) is 12.4. The molecule has 0 bridgehead atoms. The van der Waals surface area contributed by atoms with E-state index in [-0.39, 0.29) is 5.69 Å². The Bertz CT molecular complexity index is 1350. The highest BCUT2D eigenvalue weighted by atomic mass is 35.5. The fourth-order valence-corrected chi connectivity index (χ4v) is 4.16. The molecule has 18 heteroatoms. The number of hydrogen-bond donors (Lipinski definition) is 2. The quantitative estimate of drug-likeness (QED) is 0.241. The number of fused-ring (bicyclic) bond motifs is 1. The predicted molar refractivity (Wildman–Crippen MR) is 143 cm³/mol. The number of carbonyl (C=O) groups is 6. The number of likely N-dealkylation sites (N-methyl/N-ethyl adjacent to an activating group) is 1. The van der Waals surface area contributed by atoms with Crippen molar-refractivity contribution in [1.82, 2.24) is 24.8 Å². The molecule has 0 radical (unpaired) electrons. The van der Waals surface area contributed by atoms with Gasteiger partial charge in [0, 0.05) is 44.8 Å². The molecule has 2 aliphatic heterocycles. The molecule has 0 aromatic carbocycles. The number of aromatic nitrogens is 3. The summed E-state index contributed by atoms with van der Waals surface area (Å²) in [6.07, 6.45) is 2.78. The van der Waals surface area contributed by atoms with Crippen LogP contribution >= 0.6 is 11.6 Å². The molecule has 0 saturated carbocycles. The number of carboxylic acid groups (broad SMARTS) is 2. The molecule has 0 unspecified atom stereocenters. The molecule has 0 aliphatic carbocycles. The van der Waals surface area contributed by atoms with Gasteiger partial charge in [-0.1, -0.05) is 11.6 Å². The molecule has 2 amide bonds. The van der Waals surface area contributed by atoms with Crippen LogP contribution in [0.4, 0.5) is 10.6 Å². The van der Waals surface area contributed by atoms with Crippen molar-refractivity contribution in [3.8, 4) is 0 Å². The van der Waals surface area contributed by atoms with Crippen molar-refractivity contribution in [2.24, 2.45) is 11.8 Å². The summed E-state index contributed by atoms with van der Waals surface area (Å²) >= 11 is 5.89. The molecule has 17 nitrogen and oxygen atoms in total. The summed E-state index contributed by atoms with van der Waals surface area (Å²) in [5.41, 5.74) is 0.437. The second-order valence-electron chi connectivity index (χ2n) is 9.00. The van der Waals surface area contributed by atoms with Crippen LogP contribution in [0.5, 0.6) is 0 Å². The van der Waals surface area contributed by atoms with Gasteiger partial charge in [0.05, 0.1) is 19.2 Å². The maximum Gasteiger partial charge on any atom is 0.412 e. The SMILES string of the molecule is CN1CCN(C(=O)O[C@H]2c3nccnc3C(=O)N2c2ccc(Cl)cn2)CC1.COC(=O)[C@@H](C(=O)O)[C@H](C(=O)O)C(=O)OC. The Balaban J connectivity index is 0.000000273. The van der Waals surface area contributed by atoms with Crippen molar-refractivity contribution < 1.29 is 53.2 Å². The van der Waals surface area contributed by atoms with Crippen LogP contribution in [0, 0.1) is 11.8 Å². The van der Waals surface area contributed by atoms with E-state index in [0.717, 1.165) is 27.3 Å². The van der Waals surface area contributed by atoms with Crippen LogP contribution in [0.25, 0.3) is 0 Å². The van der Waals surface area contributed by atoms with Crippen LogP contribution in [-0.4, -0.2) is 118 Å². The van der Waals surface area contributed by atoms with Crippen molar-refractivity contribution in [1.29, 1.82) is 0 Å². The summed E-state index contributed by atoms with van der Waals surface area (Å²) in [6.45, 7) is 2.64. The maximum absolute atomic E-state index is 12.8. The molecule has 2 aromatic heterocycles. The Morgan fingerprint density at radius 3 is 1.95 bits per heavy atom. The highest BCUT2D eigenvalue weighted by Crippen LogP contribution is 2.35. The van der Waals surface area contributed by atoms with E-state index >= 15 is 0 Å². The van der Waals surface area contributed by atoms with Crippen LogP contribution in [0.3, 0.4) is 0 Å². The third-order valence-electron chi connectivity index (χ3n) is 6.32. The number of aliphatic carboxylic acids is 2. The summed E-state index contributed by atoms with van der Waals surface area (Å²) in [6, 6.07) is 3.20. The molecule has 1 fully saturated rings. The van der Waals surface area contributed by atoms with E-state index in [4.69, 9.17) is 26.6 Å². The Kier molecular flexibility index (Phi) is 10.9. The van der Waals surface area contributed by atoms with Crippen LogP contribution in [-0.2, 0) is 33.4 Å². The van der Waals surface area contributed by atoms with E-state index in [1.165, 1.54) is 23.5 Å². The predicted octanol–water partition coefficient (Wildman–Crippen LogP) is 0.302. The lowest BCUT2D eigenvalue weighted by molar-refractivity contribution is -0.174. The number of ether oxygens (including phenoxy) is 3. The first kappa shape index (κ1) is 32.6. The molecular formula is C25H27ClN6O11. The average molecular weight is 623 g/mol. The number of anilines is 1. The number of carboxylic acids is 2. The molecule has 2 aromatic rings. The van der Waals surface area contributed by atoms with Gasteiger partial charge in [-0.15, -0.1) is 0 Å².